The molecule has 0 aliphatic carbocycles. The lowest BCUT2D eigenvalue weighted by atomic mass is 10.0. The number of ether oxygens (including phenoxy) is 2. The Kier molecular flexibility index (Phi) is 6.74. The first-order valence-corrected chi connectivity index (χ1v) is 9.99. The highest BCUT2D eigenvalue weighted by molar-refractivity contribution is 5.87. The van der Waals surface area contributed by atoms with Crippen LogP contribution >= 0.6 is 0 Å². The molecule has 7 nitrogen and oxygen atoms in total. The Morgan fingerprint density at radius 2 is 1.77 bits per heavy atom. The Hall–Kier alpha value is -3.61. The van der Waals surface area contributed by atoms with Crippen molar-refractivity contribution in [1.82, 2.24) is 5.32 Å². The fraction of sp³-hybridized carbons (Fsp3) is 0.292. The molecular formula is C24H25NO6. The van der Waals surface area contributed by atoms with Crippen molar-refractivity contribution in [3.8, 4) is 5.75 Å². The number of hydrogen-bond donors (Lipinski definition) is 1. The van der Waals surface area contributed by atoms with Gasteiger partial charge in [0.1, 0.15) is 24.0 Å². The van der Waals surface area contributed by atoms with Crippen LogP contribution < -0.4 is 15.7 Å². The van der Waals surface area contributed by atoms with Gasteiger partial charge in [0.05, 0.1) is 0 Å². The summed E-state index contributed by atoms with van der Waals surface area (Å²) in [6.07, 6.45) is -0.712. The molecular weight excluding hydrogens is 398 g/mol. The van der Waals surface area contributed by atoms with E-state index < -0.39 is 23.7 Å². The van der Waals surface area contributed by atoms with Crippen molar-refractivity contribution < 1.29 is 23.5 Å². The highest BCUT2D eigenvalue weighted by atomic mass is 16.6. The first-order chi connectivity index (χ1) is 14.8. The molecule has 0 fully saturated rings. The van der Waals surface area contributed by atoms with Gasteiger partial charge in [0.2, 0.25) is 0 Å². The molecule has 31 heavy (non-hydrogen) atoms. The number of carbonyl (C=O) groups excluding carboxylic acids is 2. The summed E-state index contributed by atoms with van der Waals surface area (Å²) in [5.41, 5.74) is 2.03. The SMILES string of the molecule is Cc1cc(=O)oc2c(C)c(OC(=O)[C@H](NC(=O)OCc3ccccc3)C(C)C)ccc12. The van der Waals surface area contributed by atoms with Crippen molar-refractivity contribution in [2.45, 2.75) is 40.3 Å². The molecule has 1 heterocycles. The molecule has 0 saturated heterocycles. The minimum Gasteiger partial charge on any atom is -0.445 e. The van der Waals surface area contributed by atoms with Gasteiger partial charge in [-0.25, -0.2) is 14.4 Å². The number of rotatable bonds is 6. The van der Waals surface area contributed by atoms with Gasteiger partial charge in [-0.1, -0.05) is 44.2 Å². The summed E-state index contributed by atoms with van der Waals surface area (Å²) < 4.78 is 16.1. The number of amides is 1. The topological polar surface area (TPSA) is 94.8 Å². The Morgan fingerprint density at radius 3 is 2.45 bits per heavy atom. The maximum absolute atomic E-state index is 12.8. The van der Waals surface area contributed by atoms with Gasteiger partial charge in [0, 0.05) is 17.0 Å². The van der Waals surface area contributed by atoms with Crippen LogP contribution in [0.3, 0.4) is 0 Å². The highest BCUT2D eigenvalue weighted by Crippen LogP contribution is 2.28. The lowest BCUT2D eigenvalue weighted by molar-refractivity contribution is -0.137. The van der Waals surface area contributed by atoms with Crippen molar-refractivity contribution in [3.63, 3.8) is 0 Å². The molecule has 0 aliphatic heterocycles. The van der Waals surface area contributed by atoms with E-state index in [2.05, 4.69) is 5.32 Å². The van der Waals surface area contributed by atoms with Gasteiger partial charge in [-0.15, -0.1) is 0 Å². The molecule has 0 saturated carbocycles. The van der Waals surface area contributed by atoms with E-state index in [0.29, 0.717) is 11.1 Å². The lowest BCUT2D eigenvalue weighted by Gasteiger charge is -2.21. The summed E-state index contributed by atoms with van der Waals surface area (Å²) in [6.45, 7) is 7.19. The molecule has 0 spiro atoms. The van der Waals surface area contributed by atoms with Crippen LogP contribution in [0.5, 0.6) is 5.75 Å². The summed E-state index contributed by atoms with van der Waals surface area (Å²) >= 11 is 0. The minimum atomic E-state index is -0.914. The summed E-state index contributed by atoms with van der Waals surface area (Å²) in [5, 5.41) is 3.34. The summed E-state index contributed by atoms with van der Waals surface area (Å²) in [6, 6.07) is 13.1. The standard InChI is InChI=1S/C24H25NO6/c1-14(2)21(25-24(28)29-13-17-8-6-5-7-9-17)23(27)30-19-11-10-18-15(3)12-20(26)31-22(18)16(19)4/h5-12,14,21H,13H2,1-4H3,(H,25,28)/t21-/m1/s1. The van der Waals surface area contributed by atoms with E-state index in [9.17, 15) is 14.4 Å². The fourth-order valence-electron chi connectivity index (χ4n) is 3.17. The smallest absolute Gasteiger partial charge is 0.408 e. The normalized spacial score (nSPS) is 11.9. The number of benzene rings is 2. The average Bonchev–Trinajstić information content (AvgIpc) is 2.73. The summed E-state index contributed by atoms with van der Waals surface area (Å²) in [7, 11) is 0. The predicted octanol–water partition coefficient (Wildman–Crippen LogP) is 4.27. The predicted molar refractivity (Wildman–Crippen MR) is 116 cm³/mol. The molecule has 162 valence electrons. The zero-order valence-electron chi connectivity index (χ0n) is 17.9. The van der Waals surface area contributed by atoms with E-state index in [1.165, 1.54) is 6.07 Å². The van der Waals surface area contributed by atoms with E-state index in [1.807, 2.05) is 37.3 Å². The van der Waals surface area contributed by atoms with Crippen molar-refractivity contribution in [3.05, 3.63) is 75.6 Å². The third-order valence-corrected chi connectivity index (χ3v) is 4.94. The van der Waals surface area contributed by atoms with E-state index in [1.54, 1.807) is 32.9 Å². The Balaban J connectivity index is 1.72. The highest BCUT2D eigenvalue weighted by Gasteiger charge is 2.27. The van der Waals surface area contributed by atoms with Crippen LogP contribution in [0.25, 0.3) is 11.0 Å². The fourth-order valence-corrected chi connectivity index (χ4v) is 3.17. The van der Waals surface area contributed by atoms with Gasteiger partial charge in [-0.05, 0) is 43.0 Å². The van der Waals surface area contributed by atoms with Gasteiger partial charge in [-0.3, -0.25) is 0 Å². The van der Waals surface area contributed by atoms with Gasteiger partial charge < -0.3 is 19.2 Å². The molecule has 0 radical (unpaired) electrons. The molecule has 1 aromatic heterocycles. The number of aryl methyl sites for hydroxylation is 2. The molecule has 1 atom stereocenters. The van der Waals surface area contributed by atoms with Crippen molar-refractivity contribution >= 4 is 23.0 Å². The van der Waals surface area contributed by atoms with Crippen molar-refractivity contribution in [2.24, 2.45) is 5.92 Å². The molecule has 0 unspecified atom stereocenters. The minimum absolute atomic E-state index is 0.0920. The van der Waals surface area contributed by atoms with Crippen LogP contribution in [0.15, 0.2) is 57.7 Å². The van der Waals surface area contributed by atoms with Crippen LogP contribution in [0.1, 0.15) is 30.5 Å². The van der Waals surface area contributed by atoms with Gasteiger partial charge in [0.15, 0.2) is 0 Å². The van der Waals surface area contributed by atoms with Crippen LogP contribution in [0.2, 0.25) is 0 Å². The molecule has 2 aromatic carbocycles. The number of nitrogens with one attached hydrogen (secondary N) is 1. The maximum Gasteiger partial charge on any atom is 0.408 e. The van der Waals surface area contributed by atoms with Crippen LogP contribution in [-0.2, 0) is 16.1 Å². The largest absolute Gasteiger partial charge is 0.445 e. The Bertz CT molecular complexity index is 1150. The zero-order chi connectivity index (χ0) is 22.5. The number of alkyl carbamates (subject to hydrolysis) is 1. The van der Waals surface area contributed by atoms with Crippen molar-refractivity contribution in [1.29, 1.82) is 0 Å². The molecule has 1 amide bonds. The number of carbonyl (C=O) groups is 2. The summed E-state index contributed by atoms with van der Waals surface area (Å²) in [4.78, 5) is 36.8. The van der Waals surface area contributed by atoms with Crippen LogP contribution in [-0.4, -0.2) is 18.1 Å². The first kappa shape index (κ1) is 22.1. The second-order valence-corrected chi connectivity index (χ2v) is 7.66. The van der Waals surface area contributed by atoms with E-state index in [-0.39, 0.29) is 18.3 Å². The molecule has 0 aliphatic rings. The van der Waals surface area contributed by atoms with Crippen molar-refractivity contribution in [2.75, 3.05) is 0 Å². The van der Waals surface area contributed by atoms with Crippen LogP contribution in [0, 0.1) is 19.8 Å². The number of esters is 1. The summed E-state index contributed by atoms with van der Waals surface area (Å²) in [5.74, 6) is -0.613. The number of hydrogen-bond acceptors (Lipinski definition) is 6. The third-order valence-electron chi connectivity index (χ3n) is 4.94. The number of fused-ring (bicyclic) bond motifs is 1. The quantitative estimate of drug-likeness (QED) is 0.362. The molecule has 1 N–H and O–H groups in total. The zero-order valence-corrected chi connectivity index (χ0v) is 17.9. The third kappa shape index (κ3) is 5.31. The van der Waals surface area contributed by atoms with Gasteiger partial charge >= 0.3 is 17.7 Å². The van der Waals surface area contributed by atoms with Gasteiger partial charge in [0.25, 0.3) is 0 Å². The second-order valence-electron chi connectivity index (χ2n) is 7.66. The molecule has 3 aromatic rings. The van der Waals surface area contributed by atoms with E-state index in [0.717, 1.165) is 16.5 Å². The molecule has 7 heteroatoms. The van der Waals surface area contributed by atoms with E-state index in [4.69, 9.17) is 13.9 Å². The monoisotopic (exact) mass is 423 g/mol. The maximum atomic E-state index is 12.8. The average molecular weight is 423 g/mol. The second kappa shape index (κ2) is 9.47. The molecule has 3 rings (SSSR count). The Morgan fingerprint density at radius 1 is 1.06 bits per heavy atom. The first-order valence-electron chi connectivity index (χ1n) is 9.99. The molecule has 0 bridgehead atoms. The Labute approximate surface area is 180 Å². The lowest BCUT2D eigenvalue weighted by Crippen LogP contribution is -2.46. The van der Waals surface area contributed by atoms with Gasteiger partial charge in [-0.2, -0.15) is 0 Å². The van der Waals surface area contributed by atoms with Crippen LogP contribution in [0.4, 0.5) is 4.79 Å². The van der Waals surface area contributed by atoms with E-state index >= 15 is 0 Å².